The minimum absolute atomic E-state index is 0.00212. The van der Waals surface area contributed by atoms with E-state index in [1.54, 1.807) is 0 Å². The van der Waals surface area contributed by atoms with Gasteiger partial charge in [-0.05, 0) is 216 Å². The Morgan fingerprint density at radius 2 is 0.476 bits per heavy atom. The van der Waals surface area contributed by atoms with Crippen LogP contribution < -0.4 is 9.80 Å². The van der Waals surface area contributed by atoms with E-state index in [9.17, 15) is 0 Å². The first-order chi connectivity index (χ1) is 39.1. The quantitative estimate of drug-likeness (QED) is 0.126. The van der Waals surface area contributed by atoms with Crippen LogP contribution in [0.3, 0.4) is 0 Å². The lowest BCUT2D eigenvalue weighted by Crippen LogP contribution is -2.14. The molecular formula is C80H76N2. The van der Waals surface area contributed by atoms with Crippen molar-refractivity contribution in [2.75, 3.05) is 9.80 Å². The predicted octanol–water partition coefficient (Wildman–Crippen LogP) is 23.3. The molecule has 0 spiro atoms. The Bertz CT molecular complexity index is 3920. The summed E-state index contributed by atoms with van der Waals surface area (Å²) in [6.45, 7) is 31.4. The normalized spacial score (nSPS) is 12.0. The second-order valence-electron chi connectivity index (χ2n) is 25.9. The van der Waals surface area contributed by atoms with E-state index in [-0.39, 0.29) is 10.8 Å². The van der Waals surface area contributed by atoms with Gasteiger partial charge in [0.2, 0.25) is 0 Å². The van der Waals surface area contributed by atoms with Crippen LogP contribution in [-0.2, 0) is 10.8 Å². The molecule has 12 rings (SSSR count). The highest BCUT2D eigenvalue weighted by molar-refractivity contribution is 6.28. The van der Waals surface area contributed by atoms with Crippen molar-refractivity contribution in [2.45, 2.75) is 108 Å². The van der Waals surface area contributed by atoms with Crippen molar-refractivity contribution in [1.82, 2.24) is 0 Å². The highest BCUT2D eigenvalue weighted by atomic mass is 15.2. The van der Waals surface area contributed by atoms with Crippen molar-refractivity contribution in [3.05, 3.63) is 262 Å². The first-order valence-electron chi connectivity index (χ1n) is 29.3. The third-order valence-electron chi connectivity index (χ3n) is 16.7. The van der Waals surface area contributed by atoms with Gasteiger partial charge >= 0.3 is 0 Å². The van der Waals surface area contributed by atoms with Crippen LogP contribution in [0.1, 0.15) is 97.2 Å². The highest BCUT2D eigenvalue weighted by Crippen LogP contribution is 2.50. The van der Waals surface area contributed by atoms with E-state index in [1.165, 1.54) is 132 Å². The summed E-state index contributed by atoms with van der Waals surface area (Å²) in [5.74, 6) is 0. The summed E-state index contributed by atoms with van der Waals surface area (Å²) < 4.78 is 0. The van der Waals surface area contributed by atoms with Gasteiger partial charge in [-0.25, -0.2) is 0 Å². The van der Waals surface area contributed by atoms with Gasteiger partial charge in [0.25, 0.3) is 0 Å². The zero-order valence-corrected chi connectivity index (χ0v) is 50.5. The molecule has 406 valence electrons. The molecule has 0 aliphatic carbocycles. The predicted molar refractivity (Wildman–Crippen MR) is 357 cm³/mol. The number of hydrogen-bond donors (Lipinski definition) is 0. The molecule has 0 radical (unpaired) electrons. The van der Waals surface area contributed by atoms with Crippen molar-refractivity contribution in [1.29, 1.82) is 0 Å². The number of rotatable bonds is 10. The molecule has 0 aromatic heterocycles. The van der Waals surface area contributed by atoms with E-state index in [1.807, 2.05) is 0 Å². The molecule has 0 amide bonds. The van der Waals surface area contributed by atoms with Crippen molar-refractivity contribution < 1.29 is 0 Å². The third-order valence-corrected chi connectivity index (χ3v) is 16.7. The van der Waals surface area contributed by atoms with E-state index < -0.39 is 0 Å². The van der Waals surface area contributed by atoms with Crippen LogP contribution >= 0.6 is 0 Å². The SMILES string of the molecule is Cc1cc(C)cc(-c2cc(-c3cc(C)cc(C)c3)cc(N(c3ccc(C(C)(C)C)cc3)c3ccc4ccc5c(N(c6ccc(C(C)(C)C)cc6)c6cc(-c7cc(C)cc(C)c7)cc(-c7cc(C)cc(C)c7)c6)ccc6ccc3c4c65)c2)c1. The Morgan fingerprint density at radius 3 is 0.732 bits per heavy atom. The second-order valence-corrected chi connectivity index (χ2v) is 25.9. The van der Waals surface area contributed by atoms with Crippen molar-refractivity contribution in [3.8, 4) is 44.5 Å². The molecular weight excluding hydrogens is 989 g/mol. The summed E-state index contributed by atoms with van der Waals surface area (Å²) in [5, 5.41) is 7.35. The van der Waals surface area contributed by atoms with Gasteiger partial charge in [-0.15, -0.1) is 0 Å². The number of hydrogen-bond acceptors (Lipinski definition) is 2. The third kappa shape index (κ3) is 10.5. The van der Waals surface area contributed by atoms with Crippen LogP contribution in [0.25, 0.3) is 76.8 Å². The summed E-state index contributed by atoms with van der Waals surface area (Å²) in [6.07, 6.45) is 0. The van der Waals surface area contributed by atoms with Gasteiger partial charge in [0.05, 0.1) is 11.4 Å². The summed E-state index contributed by atoms with van der Waals surface area (Å²) in [4.78, 5) is 5.04. The summed E-state index contributed by atoms with van der Waals surface area (Å²) in [5.41, 5.74) is 29.0. The Kier molecular flexibility index (Phi) is 13.6. The maximum atomic E-state index is 2.52. The molecule has 82 heavy (non-hydrogen) atoms. The Balaban J connectivity index is 1.13. The van der Waals surface area contributed by atoms with Gasteiger partial charge in [-0.2, -0.15) is 0 Å². The molecule has 0 fully saturated rings. The van der Waals surface area contributed by atoms with Crippen LogP contribution in [0, 0.1) is 55.4 Å². The van der Waals surface area contributed by atoms with E-state index in [0.29, 0.717) is 0 Å². The molecule has 2 nitrogen and oxygen atoms in total. The maximum Gasteiger partial charge on any atom is 0.0540 e. The Hall–Kier alpha value is -8.72. The molecule has 0 atom stereocenters. The van der Waals surface area contributed by atoms with Crippen LogP contribution in [-0.4, -0.2) is 0 Å². The molecule has 0 saturated heterocycles. The van der Waals surface area contributed by atoms with E-state index in [0.717, 1.165) is 34.1 Å². The fraction of sp³-hybridized carbons (Fsp3) is 0.200. The molecule has 2 heteroatoms. The molecule has 12 aromatic rings. The monoisotopic (exact) mass is 1060 g/mol. The van der Waals surface area contributed by atoms with Gasteiger partial charge in [0.15, 0.2) is 0 Å². The zero-order valence-electron chi connectivity index (χ0n) is 50.5. The number of nitrogens with zero attached hydrogens (tertiary/aromatic N) is 2. The van der Waals surface area contributed by atoms with Gasteiger partial charge in [0.1, 0.15) is 0 Å². The van der Waals surface area contributed by atoms with Crippen LogP contribution in [0.5, 0.6) is 0 Å². The average Bonchev–Trinajstić information content (AvgIpc) is 3.42. The topological polar surface area (TPSA) is 6.48 Å². The van der Waals surface area contributed by atoms with Gasteiger partial charge in [0, 0.05) is 33.5 Å². The average molecular weight is 1070 g/mol. The van der Waals surface area contributed by atoms with Gasteiger partial charge < -0.3 is 9.80 Å². The summed E-state index contributed by atoms with van der Waals surface area (Å²) >= 11 is 0. The number of benzene rings is 12. The van der Waals surface area contributed by atoms with Crippen molar-refractivity contribution in [2.24, 2.45) is 0 Å². The van der Waals surface area contributed by atoms with E-state index in [4.69, 9.17) is 0 Å². The lowest BCUT2D eigenvalue weighted by atomic mass is 9.87. The van der Waals surface area contributed by atoms with Gasteiger partial charge in [-0.1, -0.05) is 220 Å². The lowest BCUT2D eigenvalue weighted by molar-refractivity contribution is 0.590. The molecule has 0 N–H and O–H groups in total. The minimum Gasteiger partial charge on any atom is -0.310 e. The van der Waals surface area contributed by atoms with Crippen LogP contribution in [0.2, 0.25) is 0 Å². The molecule has 0 saturated carbocycles. The molecule has 0 bridgehead atoms. The highest BCUT2D eigenvalue weighted by Gasteiger charge is 2.25. The maximum absolute atomic E-state index is 2.52. The van der Waals surface area contributed by atoms with Crippen LogP contribution in [0.15, 0.2) is 206 Å². The Morgan fingerprint density at radius 1 is 0.232 bits per heavy atom. The molecule has 0 heterocycles. The van der Waals surface area contributed by atoms with Crippen molar-refractivity contribution >= 4 is 66.4 Å². The Labute approximate surface area is 487 Å². The number of anilines is 6. The first-order valence-corrected chi connectivity index (χ1v) is 29.3. The van der Waals surface area contributed by atoms with E-state index >= 15 is 0 Å². The molecule has 0 aliphatic rings. The van der Waals surface area contributed by atoms with E-state index in [2.05, 4.69) is 313 Å². The summed E-state index contributed by atoms with van der Waals surface area (Å²) in [6, 6.07) is 79.7. The van der Waals surface area contributed by atoms with Crippen LogP contribution in [0.4, 0.5) is 34.1 Å². The fourth-order valence-corrected chi connectivity index (χ4v) is 12.9. The summed E-state index contributed by atoms with van der Waals surface area (Å²) in [7, 11) is 0. The fourth-order valence-electron chi connectivity index (χ4n) is 12.9. The standard InChI is InChI=1S/C80H76N2/c1-49-31-50(2)36-59(35-49)63-43-64(60-37-51(3)32-52(4)38-60)46-71(45-63)81(69-23-19-67(20-24-69)79(9,10)11)75-29-17-57-16-28-74-76(30-18-58-15-27-73(75)77(57)78(58)74)82(70-25-21-68(22-26-70)80(12,13)14)72-47-65(61-39-53(5)33-54(6)40-61)44-66(48-72)62-41-55(7)34-56(8)42-62/h15-48H,1-14H3. The molecule has 12 aromatic carbocycles. The molecule has 0 unspecified atom stereocenters. The second kappa shape index (κ2) is 20.7. The van der Waals surface area contributed by atoms with Gasteiger partial charge in [-0.3, -0.25) is 0 Å². The largest absolute Gasteiger partial charge is 0.310 e. The first kappa shape index (κ1) is 53.9. The lowest BCUT2D eigenvalue weighted by Gasteiger charge is -2.31. The molecule has 0 aliphatic heterocycles. The minimum atomic E-state index is -0.00212. The zero-order chi connectivity index (χ0) is 57.5. The number of aryl methyl sites for hydroxylation is 8. The smallest absolute Gasteiger partial charge is 0.0540 e. The van der Waals surface area contributed by atoms with Crippen molar-refractivity contribution in [3.63, 3.8) is 0 Å².